The highest BCUT2D eigenvalue weighted by molar-refractivity contribution is 7.88. The summed E-state index contributed by atoms with van der Waals surface area (Å²) in [5.41, 5.74) is 0. The van der Waals surface area contributed by atoms with Crippen molar-refractivity contribution in [1.29, 1.82) is 0 Å². The Hall–Kier alpha value is -1.06. The quantitative estimate of drug-likeness (QED) is 0.126. The fourth-order valence-electron chi connectivity index (χ4n) is 1.58. The zero-order valence-corrected chi connectivity index (χ0v) is 26.8. The molecule has 0 aliphatic heterocycles. The zero-order valence-electron chi connectivity index (χ0n) is 23.6. The molecule has 0 aliphatic carbocycles. The smallest absolute Gasteiger partial charge is 0.268 e. The van der Waals surface area contributed by atoms with Gasteiger partial charge in [-0.2, -0.15) is 60.0 Å². The summed E-state index contributed by atoms with van der Waals surface area (Å²) in [6.45, 7) is -0.878. The molecule has 26 heteroatoms. The minimum absolute atomic E-state index is 0.148. The van der Waals surface area contributed by atoms with E-state index in [1.165, 1.54) is 0 Å². The molecule has 0 saturated carbocycles. The monoisotopic (exact) mass is 756 g/mol. The standard InChI is InChI=1S/C9H12F8O6S2.C9H18F2O6S2/c1-6(10,8(12,13)14)24(18,19)22-4-3-5-23-25(20,21)7(2,11)9(15,16)17;1-8(2,10)18(12,13)16-6-5-7-17-19(14,15)9(3,4)11/h3-5H2,1-2H3;5-7H2,1-4H3. The number of hydrogen-bond acceptors (Lipinski definition) is 12. The Morgan fingerprint density at radius 1 is 0.386 bits per heavy atom. The number of hydrogen-bond donors (Lipinski definition) is 0. The zero-order chi connectivity index (χ0) is 36.1. The molecule has 0 saturated heterocycles. The van der Waals surface area contributed by atoms with Gasteiger partial charge in [0.15, 0.2) is 0 Å². The summed E-state index contributed by atoms with van der Waals surface area (Å²) in [6, 6.07) is 0. The lowest BCUT2D eigenvalue weighted by molar-refractivity contribution is -0.194. The highest BCUT2D eigenvalue weighted by atomic mass is 32.2. The summed E-state index contributed by atoms with van der Waals surface area (Å²) >= 11 is 0. The van der Waals surface area contributed by atoms with Crippen LogP contribution < -0.4 is 0 Å². The minimum Gasteiger partial charge on any atom is -0.268 e. The van der Waals surface area contributed by atoms with Gasteiger partial charge in [-0.25, -0.2) is 17.6 Å². The Kier molecular flexibility index (Phi) is 15.1. The molecule has 0 aromatic heterocycles. The van der Waals surface area contributed by atoms with Crippen LogP contribution in [0.15, 0.2) is 0 Å². The molecule has 44 heavy (non-hydrogen) atoms. The lowest BCUT2D eigenvalue weighted by Crippen LogP contribution is -2.46. The lowest BCUT2D eigenvalue weighted by Gasteiger charge is -2.23. The van der Waals surface area contributed by atoms with Crippen molar-refractivity contribution >= 4 is 40.5 Å². The Morgan fingerprint density at radius 2 is 0.568 bits per heavy atom. The molecule has 0 spiro atoms. The average Bonchev–Trinajstić information content (AvgIpc) is 2.75. The Bertz CT molecular complexity index is 1250. The summed E-state index contributed by atoms with van der Waals surface area (Å²) in [4.78, 5) is 0. The molecule has 12 nitrogen and oxygen atoms in total. The fourth-order valence-corrected chi connectivity index (χ4v) is 4.50. The average molecular weight is 757 g/mol. The summed E-state index contributed by atoms with van der Waals surface area (Å²) < 4.78 is 231. The van der Waals surface area contributed by atoms with Gasteiger partial charge in [0.05, 0.1) is 26.4 Å². The third-order valence-electron chi connectivity index (χ3n) is 4.67. The van der Waals surface area contributed by atoms with Gasteiger partial charge >= 0.3 is 62.8 Å². The van der Waals surface area contributed by atoms with Crippen molar-refractivity contribution < 1.29 is 94.3 Å². The van der Waals surface area contributed by atoms with Gasteiger partial charge < -0.3 is 0 Å². The number of rotatable bonds is 16. The van der Waals surface area contributed by atoms with Crippen molar-refractivity contribution in [3.8, 4) is 0 Å². The van der Waals surface area contributed by atoms with Gasteiger partial charge in [0.25, 0.3) is 0 Å². The van der Waals surface area contributed by atoms with Crippen molar-refractivity contribution in [2.24, 2.45) is 0 Å². The topological polar surface area (TPSA) is 173 Å². The Morgan fingerprint density at radius 3 is 0.727 bits per heavy atom. The van der Waals surface area contributed by atoms with E-state index < -0.39 is 106 Å². The highest BCUT2D eigenvalue weighted by Crippen LogP contribution is 2.40. The first-order chi connectivity index (χ1) is 18.9. The maximum atomic E-state index is 13.2. The van der Waals surface area contributed by atoms with E-state index >= 15 is 0 Å². The summed E-state index contributed by atoms with van der Waals surface area (Å²) in [7, 11) is -20.4. The van der Waals surface area contributed by atoms with Crippen molar-refractivity contribution in [3.05, 3.63) is 0 Å². The van der Waals surface area contributed by atoms with Gasteiger partial charge in [0.2, 0.25) is 10.0 Å². The van der Waals surface area contributed by atoms with Crippen LogP contribution in [-0.4, -0.2) is 92.5 Å². The SMILES string of the molecule is CC(C)(F)S(=O)(=O)OCCCOS(=O)(=O)C(C)(C)F.CC(F)(C(F)(F)F)S(=O)(=O)OCCCOS(=O)(=O)C(C)(F)C(F)(F)F. The van der Waals surface area contributed by atoms with Crippen LogP contribution in [-0.2, 0) is 57.2 Å². The predicted molar refractivity (Wildman–Crippen MR) is 130 cm³/mol. The van der Waals surface area contributed by atoms with E-state index in [0.717, 1.165) is 27.7 Å². The van der Waals surface area contributed by atoms with Crippen LogP contribution in [0.25, 0.3) is 0 Å². The highest BCUT2D eigenvalue weighted by Gasteiger charge is 2.64. The molecule has 2 unspecified atom stereocenters. The van der Waals surface area contributed by atoms with Crippen molar-refractivity contribution in [2.75, 3.05) is 26.4 Å². The second-order valence-electron chi connectivity index (χ2n) is 9.37. The summed E-state index contributed by atoms with van der Waals surface area (Å²) in [5, 5.41) is -14.7. The normalized spacial score (nSPS) is 17.3. The van der Waals surface area contributed by atoms with Crippen LogP contribution in [0.2, 0.25) is 0 Å². The van der Waals surface area contributed by atoms with Crippen molar-refractivity contribution in [2.45, 2.75) is 86.7 Å². The van der Waals surface area contributed by atoms with Gasteiger partial charge in [-0.05, 0) is 54.4 Å². The first-order valence-electron chi connectivity index (χ1n) is 11.4. The molecule has 0 aromatic carbocycles. The van der Waals surface area contributed by atoms with Crippen LogP contribution in [0.5, 0.6) is 0 Å². The Balaban J connectivity index is 0. The molecular formula is C18H30F10O12S4. The van der Waals surface area contributed by atoms with E-state index in [1.807, 2.05) is 0 Å². The maximum Gasteiger partial charge on any atom is 0.439 e. The molecule has 0 fully saturated rings. The first-order valence-corrected chi connectivity index (χ1v) is 17.0. The molecule has 0 N–H and O–H groups in total. The number of alkyl halides is 10. The van der Waals surface area contributed by atoms with Crippen molar-refractivity contribution in [3.63, 3.8) is 0 Å². The molecule has 0 rings (SSSR count). The van der Waals surface area contributed by atoms with Gasteiger partial charge in [-0.15, -0.1) is 0 Å². The molecule has 0 aromatic rings. The second-order valence-corrected chi connectivity index (χ2v) is 17.4. The van der Waals surface area contributed by atoms with E-state index in [4.69, 9.17) is 0 Å². The van der Waals surface area contributed by atoms with Gasteiger partial charge in [-0.1, -0.05) is 0 Å². The van der Waals surface area contributed by atoms with Crippen molar-refractivity contribution in [1.82, 2.24) is 0 Å². The van der Waals surface area contributed by atoms with Gasteiger partial charge in [-0.3, -0.25) is 16.7 Å². The molecule has 2 atom stereocenters. The lowest BCUT2D eigenvalue weighted by atomic mass is 10.4. The minimum atomic E-state index is -5.84. The predicted octanol–water partition coefficient (Wildman–Crippen LogP) is 4.05. The van der Waals surface area contributed by atoms with E-state index in [2.05, 4.69) is 16.7 Å². The van der Waals surface area contributed by atoms with Gasteiger partial charge in [0.1, 0.15) is 0 Å². The van der Waals surface area contributed by atoms with E-state index in [1.54, 1.807) is 0 Å². The second kappa shape index (κ2) is 14.8. The van der Waals surface area contributed by atoms with Crippen LogP contribution >= 0.6 is 0 Å². The molecule has 0 heterocycles. The van der Waals surface area contributed by atoms with E-state index in [9.17, 15) is 77.6 Å². The van der Waals surface area contributed by atoms with Crippen LogP contribution in [0, 0.1) is 0 Å². The molecule has 0 aliphatic rings. The molecule has 0 radical (unpaired) electrons. The van der Waals surface area contributed by atoms with E-state index in [0.29, 0.717) is 0 Å². The van der Waals surface area contributed by atoms with Crippen LogP contribution in [0.1, 0.15) is 54.4 Å². The van der Waals surface area contributed by atoms with Gasteiger partial charge in [0, 0.05) is 0 Å². The van der Waals surface area contributed by atoms with Crippen LogP contribution in [0.3, 0.4) is 0 Å². The molecular weight excluding hydrogens is 726 g/mol. The molecule has 0 bridgehead atoms. The maximum absolute atomic E-state index is 13.2. The summed E-state index contributed by atoms with van der Waals surface area (Å²) in [5.74, 6) is 0. The Labute approximate surface area is 247 Å². The van der Waals surface area contributed by atoms with E-state index in [-0.39, 0.29) is 20.3 Å². The molecule has 268 valence electrons. The summed E-state index contributed by atoms with van der Waals surface area (Å²) in [6.07, 6.45) is -12.7. The fraction of sp³-hybridized carbons (Fsp3) is 1.00. The largest absolute Gasteiger partial charge is 0.439 e. The van der Waals surface area contributed by atoms with Crippen LogP contribution in [0.4, 0.5) is 43.9 Å². The third kappa shape index (κ3) is 12.3. The third-order valence-corrected chi connectivity index (χ3v) is 11.3. The number of halogens is 10. The molecule has 0 amide bonds. The first kappa shape index (κ1) is 45.1.